The summed E-state index contributed by atoms with van der Waals surface area (Å²) in [7, 11) is 1.82. The van der Waals surface area contributed by atoms with E-state index in [0.29, 0.717) is 6.42 Å². The van der Waals surface area contributed by atoms with Crippen molar-refractivity contribution in [2.45, 2.75) is 26.2 Å². The van der Waals surface area contributed by atoms with E-state index in [1.807, 2.05) is 7.05 Å². The van der Waals surface area contributed by atoms with Crippen molar-refractivity contribution < 1.29 is 9.59 Å². The number of hydrogen-bond acceptors (Lipinski definition) is 2. The lowest BCUT2D eigenvalue weighted by molar-refractivity contribution is -0.130. The molecule has 1 amide bonds. The summed E-state index contributed by atoms with van der Waals surface area (Å²) in [6, 6.07) is 0. The maximum absolute atomic E-state index is 11.3. The highest BCUT2D eigenvalue weighted by atomic mass is 16.2. The van der Waals surface area contributed by atoms with E-state index in [-0.39, 0.29) is 17.6 Å². The third-order valence-corrected chi connectivity index (χ3v) is 2.38. The molecule has 12 heavy (non-hydrogen) atoms. The second kappa shape index (κ2) is 3.70. The van der Waals surface area contributed by atoms with Gasteiger partial charge in [-0.2, -0.15) is 0 Å². The zero-order chi connectivity index (χ0) is 9.14. The number of carbonyl (C=O) groups excluding carboxylic acids is 2. The highest BCUT2D eigenvalue weighted by molar-refractivity contribution is 5.82. The number of hydrogen-bond donors (Lipinski definition) is 0. The first-order valence-electron chi connectivity index (χ1n) is 4.35. The number of carbonyl (C=O) groups is 2. The van der Waals surface area contributed by atoms with Gasteiger partial charge in [-0.1, -0.05) is 0 Å². The third kappa shape index (κ3) is 2.06. The molecule has 1 heterocycles. The summed E-state index contributed by atoms with van der Waals surface area (Å²) in [6.07, 6.45) is 2.20. The summed E-state index contributed by atoms with van der Waals surface area (Å²) >= 11 is 0. The maximum atomic E-state index is 11.3. The van der Waals surface area contributed by atoms with Crippen LogP contribution in [0.25, 0.3) is 0 Å². The van der Waals surface area contributed by atoms with Crippen LogP contribution in [0, 0.1) is 5.92 Å². The van der Waals surface area contributed by atoms with Gasteiger partial charge >= 0.3 is 0 Å². The Bertz CT molecular complexity index is 201. The van der Waals surface area contributed by atoms with Crippen molar-refractivity contribution in [2.24, 2.45) is 5.92 Å². The molecule has 0 N–H and O–H groups in total. The van der Waals surface area contributed by atoms with Crippen LogP contribution in [-0.4, -0.2) is 30.2 Å². The normalized spacial score (nSPS) is 23.3. The summed E-state index contributed by atoms with van der Waals surface area (Å²) < 4.78 is 0. The number of nitrogens with zero attached hydrogens (tertiary/aromatic N) is 1. The SMILES string of the molecule is CC(=O)CCC1CCN(C)C1=O. The highest BCUT2D eigenvalue weighted by Gasteiger charge is 2.28. The van der Waals surface area contributed by atoms with E-state index >= 15 is 0 Å². The summed E-state index contributed by atoms with van der Waals surface area (Å²) in [6.45, 7) is 2.42. The largest absolute Gasteiger partial charge is 0.345 e. The van der Waals surface area contributed by atoms with E-state index in [9.17, 15) is 9.59 Å². The Labute approximate surface area is 72.7 Å². The topological polar surface area (TPSA) is 37.4 Å². The van der Waals surface area contributed by atoms with Gasteiger partial charge < -0.3 is 9.69 Å². The van der Waals surface area contributed by atoms with Gasteiger partial charge in [0.25, 0.3) is 0 Å². The van der Waals surface area contributed by atoms with E-state index in [0.717, 1.165) is 19.4 Å². The van der Waals surface area contributed by atoms with Crippen molar-refractivity contribution >= 4 is 11.7 Å². The van der Waals surface area contributed by atoms with E-state index in [1.54, 1.807) is 11.8 Å². The van der Waals surface area contributed by atoms with Crippen LogP contribution in [0.4, 0.5) is 0 Å². The van der Waals surface area contributed by atoms with Gasteiger partial charge in [-0.3, -0.25) is 4.79 Å². The van der Waals surface area contributed by atoms with Crippen LogP contribution in [0.1, 0.15) is 26.2 Å². The number of rotatable bonds is 3. The molecule has 1 saturated heterocycles. The third-order valence-electron chi connectivity index (χ3n) is 2.38. The molecule has 1 rings (SSSR count). The molecule has 68 valence electrons. The summed E-state index contributed by atoms with van der Waals surface area (Å²) in [5.41, 5.74) is 0. The van der Waals surface area contributed by atoms with Crippen LogP contribution < -0.4 is 0 Å². The molecule has 1 fully saturated rings. The predicted molar refractivity (Wildman–Crippen MR) is 45.7 cm³/mol. The van der Waals surface area contributed by atoms with Crippen molar-refractivity contribution in [1.29, 1.82) is 0 Å². The minimum Gasteiger partial charge on any atom is -0.345 e. The standard InChI is InChI=1S/C9H15NO2/c1-7(11)3-4-8-5-6-10(2)9(8)12/h8H,3-6H2,1-2H3. The van der Waals surface area contributed by atoms with Crippen LogP contribution in [-0.2, 0) is 9.59 Å². The molecule has 0 aromatic heterocycles. The van der Waals surface area contributed by atoms with Crippen LogP contribution in [0.3, 0.4) is 0 Å². The molecule has 3 nitrogen and oxygen atoms in total. The second-order valence-corrected chi connectivity index (χ2v) is 3.49. The van der Waals surface area contributed by atoms with Crippen molar-refractivity contribution in [3.05, 3.63) is 0 Å². The first-order valence-corrected chi connectivity index (χ1v) is 4.35. The number of Topliss-reactive ketones (excluding diaryl/α,β-unsaturated/α-hetero) is 1. The molecule has 0 bridgehead atoms. The van der Waals surface area contributed by atoms with Gasteiger partial charge in [0.1, 0.15) is 5.78 Å². The molecular weight excluding hydrogens is 154 g/mol. The minimum atomic E-state index is 0.110. The average molecular weight is 169 g/mol. The molecule has 0 aliphatic carbocycles. The monoisotopic (exact) mass is 169 g/mol. The first-order chi connectivity index (χ1) is 5.61. The van der Waals surface area contributed by atoms with Crippen molar-refractivity contribution in [2.75, 3.05) is 13.6 Å². The van der Waals surface area contributed by atoms with Gasteiger partial charge in [-0.15, -0.1) is 0 Å². The Kier molecular flexibility index (Phi) is 2.84. The Hall–Kier alpha value is -0.860. The van der Waals surface area contributed by atoms with Crippen LogP contribution >= 0.6 is 0 Å². The van der Waals surface area contributed by atoms with Gasteiger partial charge in [0, 0.05) is 25.9 Å². The molecule has 0 aromatic carbocycles. The summed E-state index contributed by atoms with van der Waals surface area (Å²) in [4.78, 5) is 23.7. The molecular formula is C9H15NO2. The van der Waals surface area contributed by atoms with Crippen LogP contribution in [0.15, 0.2) is 0 Å². The van der Waals surface area contributed by atoms with Gasteiger partial charge in [0.15, 0.2) is 0 Å². The molecule has 1 aliphatic rings. The molecule has 1 unspecified atom stereocenters. The summed E-state index contributed by atoms with van der Waals surface area (Å²) in [5, 5.41) is 0. The smallest absolute Gasteiger partial charge is 0.225 e. The molecule has 0 saturated carbocycles. The van der Waals surface area contributed by atoms with E-state index in [4.69, 9.17) is 0 Å². The fourth-order valence-corrected chi connectivity index (χ4v) is 1.54. The Morgan fingerprint density at radius 2 is 2.33 bits per heavy atom. The van der Waals surface area contributed by atoms with Crippen molar-refractivity contribution in [3.8, 4) is 0 Å². The second-order valence-electron chi connectivity index (χ2n) is 3.49. The van der Waals surface area contributed by atoms with Gasteiger partial charge in [-0.05, 0) is 19.8 Å². The van der Waals surface area contributed by atoms with Gasteiger partial charge in [-0.25, -0.2) is 0 Å². The number of amides is 1. The lowest BCUT2D eigenvalue weighted by Crippen LogP contribution is -2.22. The fourth-order valence-electron chi connectivity index (χ4n) is 1.54. The zero-order valence-corrected chi connectivity index (χ0v) is 7.67. The first kappa shape index (κ1) is 9.23. The Morgan fingerprint density at radius 3 is 2.75 bits per heavy atom. The molecule has 0 aromatic rings. The quantitative estimate of drug-likeness (QED) is 0.627. The fraction of sp³-hybridized carbons (Fsp3) is 0.778. The predicted octanol–water partition coefficient (Wildman–Crippen LogP) is 0.834. The molecule has 1 atom stereocenters. The van der Waals surface area contributed by atoms with Crippen LogP contribution in [0.2, 0.25) is 0 Å². The van der Waals surface area contributed by atoms with E-state index in [2.05, 4.69) is 0 Å². The molecule has 1 aliphatic heterocycles. The van der Waals surface area contributed by atoms with Crippen molar-refractivity contribution in [3.63, 3.8) is 0 Å². The number of likely N-dealkylation sites (tertiary alicyclic amines) is 1. The maximum Gasteiger partial charge on any atom is 0.225 e. The molecule has 3 heteroatoms. The van der Waals surface area contributed by atoms with Gasteiger partial charge in [0.2, 0.25) is 5.91 Å². The van der Waals surface area contributed by atoms with Crippen LogP contribution in [0.5, 0.6) is 0 Å². The number of ketones is 1. The van der Waals surface area contributed by atoms with E-state index < -0.39 is 0 Å². The zero-order valence-electron chi connectivity index (χ0n) is 7.67. The van der Waals surface area contributed by atoms with Gasteiger partial charge in [0.05, 0.1) is 0 Å². The molecule has 0 spiro atoms. The Morgan fingerprint density at radius 1 is 1.67 bits per heavy atom. The highest BCUT2D eigenvalue weighted by Crippen LogP contribution is 2.20. The minimum absolute atomic E-state index is 0.110. The lowest BCUT2D eigenvalue weighted by atomic mass is 10.0. The lowest BCUT2D eigenvalue weighted by Gasteiger charge is -2.08. The Balaban J connectivity index is 2.34. The average Bonchev–Trinajstić information content (AvgIpc) is 2.30. The molecule has 0 radical (unpaired) electrons. The van der Waals surface area contributed by atoms with Crippen molar-refractivity contribution in [1.82, 2.24) is 4.90 Å². The van der Waals surface area contributed by atoms with E-state index in [1.165, 1.54) is 0 Å². The summed E-state index contributed by atoms with van der Waals surface area (Å²) in [5.74, 6) is 0.493.